The van der Waals surface area contributed by atoms with Gasteiger partial charge in [0.15, 0.2) is 0 Å². The molecule has 3 heteroatoms. The average molecular weight is 228 g/mol. The molecule has 0 saturated carbocycles. The first-order chi connectivity index (χ1) is 7.72. The lowest BCUT2D eigenvalue weighted by molar-refractivity contribution is -0.124. The molecule has 96 valence electrons. The van der Waals surface area contributed by atoms with E-state index in [2.05, 4.69) is 17.6 Å². The fraction of sp³-hybridized carbons (Fsp3) is 0.923. The van der Waals surface area contributed by atoms with Gasteiger partial charge in [0.2, 0.25) is 5.91 Å². The molecule has 3 nitrogen and oxygen atoms in total. The first-order valence-electron chi connectivity index (χ1n) is 6.64. The van der Waals surface area contributed by atoms with Crippen LogP contribution >= 0.6 is 0 Å². The number of carbonyl (C=O) groups excluding carboxylic acids is 1. The lowest BCUT2D eigenvalue weighted by Gasteiger charge is -2.11. The van der Waals surface area contributed by atoms with Crippen LogP contribution in [0.3, 0.4) is 0 Å². The van der Waals surface area contributed by atoms with Crippen LogP contribution in [0.15, 0.2) is 0 Å². The maximum Gasteiger partial charge on any atom is 0.224 e. The normalized spacial score (nSPS) is 12.4. The molecule has 0 spiro atoms. The van der Waals surface area contributed by atoms with Gasteiger partial charge in [-0.2, -0.15) is 0 Å². The maximum absolute atomic E-state index is 11.5. The third-order valence-electron chi connectivity index (χ3n) is 2.79. The Kier molecular flexibility index (Phi) is 10.5. The smallest absolute Gasteiger partial charge is 0.224 e. The molecule has 0 radical (unpaired) electrons. The molecule has 1 atom stereocenters. The van der Waals surface area contributed by atoms with E-state index in [-0.39, 0.29) is 11.8 Å². The van der Waals surface area contributed by atoms with Gasteiger partial charge in [-0.1, -0.05) is 46.0 Å². The van der Waals surface area contributed by atoms with Crippen molar-refractivity contribution in [3.05, 3.63) is 0 Å². The van der Waals surface area contributed by atoms with E-state index in [1.165, 1.54) is 32.1 Å². The quantitative estimate of drug-likeness (QED) is 0.563. The highest BCUT2D eigenvalue weighted by Gasteiger charge is 2.09. The van der Waals surface area contributed by atoms with Gasteiger partial charge in [0.25, 0.3) is 0 Å². The van der Waals surface area contributed by atoms with Crippen molar-refractivity contribution in [1.82, 2.24) is 10.6 Å². The molecule has 0 aliphatic carbocycles. The van der Waals surface area contributed by atoms with Crippen LogP contribution in [0.25, 0.3) is 0 Å². The molecule has 1 unspecified atom stereocenters. The predicted molar refractivity (Wildman–Crippen MR) is 69.5 cm³/mol. The van der Waals surface area contributed by atoms with Crippen molar-refractivity contribution >= 4 is 5.91 Å². The minimum atomic E-state index is 0.0742. The molecule has 1 amide bonds. The zero-order valence-electron chi connectivity index (χ0n) is 11.1. The lowest BCUT2D eigenvalue weighted by Crippen LogP contribution is -2.34. The van der Waals surface area contributed by atoms with Crippen LogP contribution in [-0.2, 0) is 4.79 Å². The zero-order chi connectivity index (χ0) is 12.2. The van der Waals surface area contributed by atoms with E-state index in [9.17, 15) is 4.79 Å². The molecule has 0 aromatic rings. The van der Waals surface area contributed by atoms with Gasteiger partial charge in [0, 0.05) is 19.0 Å². The summed E-state index contributed by atoms with van der Waals surface area (Å²) in [6.07, 6.45) is 7.61. The second kappa shape index (κ2) is 10.9. The van der Waals surface area contributed by atoms with E-state index in [4.69, 9.17) is 0 Å². The molecule has 0 aromatic heterocycles. The largest absolute Gasteiger partial charge is 0.356 e. The minimum Gasteiger partial charge on any atom is -0.356 e. The van der Waals surface area contributed by atoms with Gasteiger partial charge in [0.1, 0.15) is 0 Å². The van der Waals surface area contributed by atoms with Crippen LogP contribution in [-0.4, -0.2) is 26.0 Å². The number of hydrogen-bond acceptors (Lipinski definition) is 2. The van der Waals surface area contributed by atoms with Gasteiger partial charge in [0.05, 0.1) is 0 Å². The second-order valence-electron chi connectivity index (χ2n) is 4.52. The summed E-state index contributed by atoms with van der Waals surface area (Å²) in [5.41, 5.74) is 0. The molecule has 0 aliphatic rings. The Morgan fingerprint density at radius 3 is 2.38 bits per heavy atom. The standard InChI is InChI=1S/C13H28N2O/c1-4-5-6-7-8-9-10-15-13(16)12(2)11-14-3/h12,14H,4-11H2,1-3H3,(H,15,16). The molecule has 0 aliphatic heterocycles. The highest BCUT2D eigenvalue weighted by Crippen LogP contribution is 2.04. The topological polar surface area (TPSA) is 41.1 Å². The average Bonchev–Trinajstić information content (AvgIpc) is 2.28. The van der Waals surface area contributed by atoms with Crippen LogP contribution < -0.4 is 10.6 Å². The fourth-order valence-electron chi connectivity index (χ4n) is 1.69. The monoisotopic (exact) mass is 228 g/mol. The Labute approximate surface area is 100 Å². The van der Waals surface area contributed by atoms with Crippen molar-refractivity contribution < 1.29 is 4.79 Å². The van der Waals surface area contributed by atoms with Gasteiger partial charge >= 0.3 is 0 Å². The van der Waals surface area contributed by atoms with Crippen LogP contribution in [0.5, 0.6) is 0 Å². The Balaban J connectivity index is 3.27. The van der Waals surface area contributed by atoms with Crippen molar-refractivity contribution in [2.45, 2.75) is 52.4 Å². The molecule has 0 rings (SSSR count). The van der Waals surface area contributed by atoms with Crippen molar-refractivity contribution in [1.29, 1.82) is 0 Å². The SMILES string of the molecule is CCCCCCCCNC(=O)C(C)CNC. The molecule has 16 heavy (non-hydrogen) atoms. The highest BCUT2D eigenvalue weighted by atomic mass is 16.1. The number of carbonyl (C=O) groups is 1. The lowest BCUT2D eigenvalue weighted by atomic mass is 10.1. The van der Waals surface area contributed by atoms with Gasteiger partial charge in [-0.25, -0.2) is 0 Å². The summed E-state index contributed by atoms with van der Waals surface area (Å²) >= 11 is 0. The first-order valence-corrected chi connectivity index (χ1v) is 6.64. The maximum atomic E-state index is 11.5. The zero-order valence-corrected chi connectivity index (χ0v) is 11.1. The summed E-state index contributed by atoms with van der Waals surface area (Å²) < 4.78 is 0. The number of unbranched alkanes of at least 4 members (excludes halogenated alkanes) is 5. The van der Waals surface area contributed by atoms with Crippen molar-refractivity contribution in [3.63, 3.8) is 0 Å². The van der Waals surface area contributed by atoms with E-state index in [0.717, 1.165) is 19.5 Å². The summed E-state index contributed by atoms with van der Waals surface area (Å²) in [4.78, 5) is 11.5. The molecule has 0 bridgehead atoms. The number of amides is 1. The van der Waals surface area contributed by atoms with E-state index in [0.29, 0.717) is 0 Å². The van der Waals surface area contributed by atoms with E-state index < -0.39 is 0 Å². The molecule has 0 fully saturated rings. The van der Waals surface area contributed by atoms with E-state index >= 15 is 0 Å². The van der Waals surface area contributed by atoms with Crippen LogP contribution in [0.4, 0.5) is 0 Å². The number of rotatable bonds is 10. The number of nitrogens with one attached hydrogen (secondary N) is 2. The van der Waals surface area contributed by atoms with Crippen molar-refractivity contribution in [3.8, 4) is 0 Å². The summed E-state index contributed by atoms with van der Waals surface area (Å²) in [5.74, 6) is 0.244. The van der Waals surface area contributed by atoms with Crippen LogP contribution in [0.1, 0.15) is 52.4 Å². The molecule has 0 heterocycles. The Bertz CT molecular complexity index is 171. The fourth-order valence-corrected chi connectivity index (χ4v) is 1.69. The summed E-state index contributed by atoms with van der Waals surface area (Å²) in [5, 5.41) is 5.99. The second-order valence-corrected chi connectivity index (χ2v) is 4.52. The Morgan fingerprint density at radius 1 is 1.12 bits per heavy atom. The summed E-state index contributed by atoms with van der Waals surface area (Å²) in [7, 11) is 1.87. The van der Waals surface area contributed by atoms with Gasteiger partial charge < -0.3 is 10.6 Å². The van der Waals surface area contributed by atoms with E-state index in [1.807, 2.05) is 14.0 Å². The molecule has 2 N–H and O–H groups in total. The first kappa shape index (κ1) is 15.4. The molecular formula is C13H28N2O. The van der Waals surface area contributed by atoms with E-state index in [1.54, 1.807) is 0 Å². The summed E-state index contributed by atoms with van der Waals surface area (Å²) in [6.45, 7) is 5.76. The molecular weight excluding hydrogens is 200 g/mol. The van der Waals surface area contributed by atoms with Gasteiger partial charge in [-0.15, -0.1) is 0 Å². The predicted octanol–water partition coefficient (Wildman–Crippen LogP) is 2.32. The third kappa shape index (κ3) is 8.72. The Morgan fingerprint density at radius 2 is 1.75 bits per heavy atom. The third-order valence-corrected chi connectivity index (χ3v) is 2.79. The van der Waals surface area contributed by atoms with Crippen molar-refractivity contribution in [2.24, 2.45) is 5.92 Å². The van der Waals surface area contributed by atoms with Crippen LogP contribution in [0.2, 0.25) is 0 Å². The number of hydrogen-bond donors (Lipinski definition) is 2. The summed E-state index contributed by atoms with van der Waals surface area (Å²) in [6, 6.07) is 0. The van der Waals surface area contributed by atoms with Gasteiger partial charge in [-0.05, 0) is 13.5 Å². The minimum absolute atomic E-state index is 0.0742. The van der Waals surface area contributed by atoms with Gasteiger partial charge in [-0.3, -0.25) is 4.79 Å². The Hall–Kier alpha value is -0.570. The molecule has 0 aromatic carbocycles. The van der Waals surface area contributed by atoms with Crippen LogP contribution in [0, 0.1) is 5.92 Å². The molecule has 0 saturated heterocycles. The van der Waals surface area contributed by atoms with Crippen molar-refractivity contribution in [2.75, 3.05) is 20.1 Å². The highest BCUT2D eigenvalue weighted by molar-refractivity contribution is 5.78.